The van der Waals surface area contributed by atoms with Crippen LogP contribution in [0, 0.1) is 0 Å². The SMILES string of the molecule is C[N+]1(c2ccccn2)C=C(O)c2ccccc2S1(=O)=O. The zero-order valence-corrected chi connectivity index (χ0v) is 11.6. The van der Waals surface area contributed by atoms with Gasteiger partial charge in [-0.1, -0.05) is 18.2 Å². The molecule has 6 heteroatoms. The minimum absolute atomic E-state index is 0.0661. The molecule has 2 heterocycles. The van der Waals surface area contributed by atoms with E-state index in [-0.39, 0.29) is 10.7 Å². The smallest absolute Gasteiger partial charge is 0.338 e. The minimum Gasteiger partial charge on any atom is -0.503 e. The number of hydrogen-bond donors (Lipinski definition) is 1. The summed E-state index contributed by atoms with van der Waals surface area (Å²) in [6, 6.07) is 11.5. The third-order valence-electron chi connectivity index (χ3n) is 3.41. The highest BCUT2D eigenvalue weighted by Gasteiger charge is 2.46. The predicted octanol–water partition coefficient (Wildman–Crippen LogP) is 2.28. The summed E-state index contributed by atoms with van der Waals surface area (Å²) in [4.78, 5) is 4.22. The second-order valence-electron chi connectivity index (χ2n) is 4.66. The molecule has 1 atom stereocenters. The van der Waals surface area contributed by atoms with Crippen LogP contribution >= 0.6 is 0 Å². The van der Waals surface area contributed by atoms with E-state index in [1.807, 2.05) is 0 Å². The van der Waals surface area contributed by atoms with Crippen molar-refractivity contribution in [1.29, 1.82) is 0 Å². The standard InChI is InChI=1S/C14H12N2O3S/c1-16(14-8-4-5-9-15-14)10-12(17)11-6-2-3-7-13(11)20(16,18)19/h2-10H,1H3/p+1. The molecule has 1 aromatic carbocycles. The van der Waals surface area contributed by atoms with Crippen LogP contribution in [0.4, 0.5) is 5.82 Å². The average molecular weight is 289 g/mol. The zero-order valence-electron chi connectivity index (χ0n) is 10.8. The van der Waals surface area contributed by atoms with Gasteiger partial charge in [0.2, 0.25) is 5.82 Å². The van der Waals surface area contributed by atoms with Gasteiger partial charge in [-0.15, -0.1) is 3.89 Å². The number of fused-ring (bicyclic) bond motifs is 1. The van der Waals surface area contributed by atoms with Crippen LogP contribution in [0.15, 0.2) is 59.8 Å². The molecule has 0 fully saturated rings. The second-order valence-corrected chi connectivity index (χ2v) is 6.81. The van der Waals surface area contributed by atoms with Crippen LogP contribution in [0.2, 0.25) is 0 Å². The molecule has 2 aromatic rings. The summed E-state index contributed by atoms with van der Waals surface area (Å²) < 4.78 is 25.1. The van der Waals surface area contributed by atoms with Crippen molar-refractivity contribution in [2.45, 2.75) is 4.90 Å². The van der Waals surface area contributed by atoms with Gasteiger partial charge >= 0.3 is 10.0 Å². The average Bonchev–Trinajstić information content (AvgIpc) is 2.46. The van der Waals surface area contributed by atoms with Crippen molar-refractivity contribution < 1.29 is 13.5 Å². The number of sulfonamides is 1. The largest absolute Gasteiger partial charge is 0.503 e. The molecule has 0 amide bonds. The molecule has 102 valence electrons. The van der Waals surface area contributed by atoms with E-state index in [0.717, 1.165) is 0 Å². The summed E-state index contributed by atoms with van der Waals surface area (Å²) in [7, 11) is -2.24. The van der Waals surface area contributed by atoms with Gasteiger partial charge in [-0.2, -0.15) is 8.42 Å². The van der Waals surface area contributed by atoms with E-state index < -0.39 is 13.9 Å². The van der Waals surface area contributed by atoms with E-state index in [4.69, 9.17) is 0 Å². The van der Waals surface area contributed by atoms with Crippen LogP contribution in [0.1, 0.15) is 5.56 Å². The van der Waals surface area contributed by atoms with Crippen LogP contribution in [-0.2, 0) is 10.0 Å². The van der Waals surface area contributed by atoms with Gasteiger partial charge in [-0.05, 0) is 18.2 Å². The first-order valence-corrected chi connectivity index (χ1v) is 7.45. The van der Waals surface area contributed by atoms with Gasteiger partial charge in [0, 0.05) is 17.8 Å². The number of quaternary nitrogens is 1. The number of pyridine rings is 1. The van der Waals surface area contributed by atoms with Gasteiger partial charge in [-0.3, -0.25) is 0 Å². The van der Waals surface area contributed by atoms with Gasteiger partial charge in [0.05, 0.1) is 7.05 Å². The van der Waals surface area contributed by atoms with Gasteiger partial charge in [-0.25, -0.2) is 4.98 Å². The van der Waals surface area contributed by atoms with Crippen LogP contribution in [0.5, 0.6) is 0 Å². The molecule has 1 aliphatic heterocycles. The lowest BCUT2D eigenvalue weighted by Gasteiger charge is -2.31. The normalized spacial score (nSPS) is 23.8. The molecular weight excluding hydrogens is 276 g/mol. The van der Waals surface area contributed by atoms with Crippen LogP contribution in [-0.4, -0.2) is 25.6 Å². The monoisotopic (exact) mass is 289 g/mol. The van der Waals surface area contributed by atoms with Crippen molar-refractivity contribution in [2.24, 2.45) is 0 Å². The molecule has 0 spiro atoms. The molecule has 1 aliphatic rings. The lowest BCUT2D eigenvalue weighted by atomic mass is 10.2. The molecule has 0 aliphatic carbocycles. The van der Waals surface area contributed by atoms with Crippen molar-refractivity contribution in [3.05, 3.63) is 60.4 Å². The van der Waals surface area contributed by atoms with E-state index in [9.17, 15) is 13.5 Å². The number of aliphatic hydroxyl groups is 1. The Hall–Kier alpha value is -2.18. The maximum atomic E-state index is 12.8. The van der Waals surface area contributed by atoms with Gasteiger partial charge in [0.15, 0.2) is 12.0 Å². The third-order valence-corrected chi connectivity index (χ3v) is 5.62. The van der Waals surface area contributed by atoms with Crippen molar-refractivity contribution in [3.63, 3.8) is 0 Å². The lowest BCUT2D eigenvalue weighted by Crippen LogP contribution is -2.48. The van der Waals surface area contributed by atoms with E-state index in [2.05, 4.69) is 4.98 Å². The summed E-state index contributed by atoms with van der Waals surface area (Å²) in [5.41, 5.74) is 0.319. The summed E-state index contributed by atoms with van der Waals surface area (Å²) >= 11 is 0. The lowest BCUT2D eigenvalue weighted by molar-refractivity contribution is 0.473. The van der Waals surface area contributed by atoms with E-state index >= 15 is 0 Å². The highest BCUT2D eigenvalue weighted by atomic mass is 32.2. The van der Waals surface area contributed by atoms with Crippen LogP contribution < -0.4 is 3.89 Å². The summed E-state index contributed by atoms with van der Waals surface area (Å²) in [5.74, 6) is 0.261. The Balaban J connectivity index is 2.34. The third kappa shape index (κ3) is 1.59. The molecule has 3 rings (SSSR count). The number of benzene rings is 1. The molecule has 0 radical (unpaired) electrons. The summed E-state index contributed by atoms with van der Waals surface area (Å²) in [6.45, 7) is 0. The summed E-state index contributed by atoms with van der Waals surface area (Å²) in [5, 5.41) is 10.1. The summed E-state index contributed by atoms with van der Waals surface area (Å²) in [6.07, 6.45) is 2.82. The molecule has 1 aromatic heterocycles. The first kappa shape index (κ1) is 12.8. The van der Waals surface area contributed by atoms with Crippen molar-refractivity contribution in [3.8, 4) is 0 Å². The number of rotatable bonds is 1. The van der Waals surface area contributed by atoms with Gasteiger partial charge < -0.3 is 5.11 Å². The first-order valence-electron chi connectivity index (χ1n) is 6.01. The van der Waals surface area contributed by atoms with E-state index in [1.54, 1.807) is 36.4 Å². The van der Waals surface area contributed by atoms with Crippen molar-refractivity contribution in [1.82, 2.24) is 8.87 Å². The maximum Gasteiger partial charge on any atom is 0.338 e. The molecule has 1 unspecified atom stereocenters. The fourth-order valence-corrected chi connectivity index (χ4v) is 3.99. The molecule has 20 heavy (non-hydrogen) atoms. The van der Waals surface area contributed by atoms with Gasteiger partial charge in [0.1, 0.15) is 4.90 Å². The van der Waals surface area contributed by atoms with Crippen LogP contribution in [0.25, 0.3) is 5.76 Å². The highest BCUT2D eigenvalue weighted by Crippen LogP contribution is 2.38. The highest BCUT2D eigenvalue weighted by molar-refractivity contribution is 7.91. The molecule has 1 N–H and O–H groups in total. The molecule has 5 nitrogen and oxygen atoms in total. The Morgan fingerprint density at radius 3 is 2.50 bits per heavy atom. The zero-order chi connectivity index (χ0) is 14.4. The fourth-order valence-electron chi connectivity index (χ4n) is 2.29. The molecular formula is C14H13N2O3S+. The fraction of sp³-hybridized carbons (Fsp3) is 0.0714. The predicted molar refractivity (Wildman–Crippen MR) is 76.2 cm³/mol. The van der Waals surface area contributed by atoms with Crippen molar-refractivity contribution in [2.75, 3.05) is 7.05 Å². The minimum atomic E-state index is -3.73. The topological polar surface area (TPSA) is 67.3 Å². The molecule has 0 bridgehead atoms. The Morgan fingerprint density at radius 1 is 1.10 bits per heavy atom. The molecule has 0 saturated heterocycles. The van der Waals surface area contributed by atoms with Gasteiger partial charge in [0.25, 0.3) is 0 Å². The Bertz CT molecular complexity index is 800. The number of aromatic nitrogens is 1. The Morgan fingerprint density at radius 2 is 1.80 bits per heavy atom. The van der Waals surface area contributed by atoms with E-state index in [1.165, 1.54) is 25.5 Å². The first-order chi connectivity index (χ1) is 9.47. The quantitative estimate of drug-likeness (QED) is 0.818. The molecule has 0 saturated carbocycles. The van der Waals surface area contributed by atoms with Crippen LogP contribution in [0.3, 0.4) is 0 Å². The number of nitrogens with zero attached hydrogens (tertiary/aromatic N) is 2. The second kappa shape index (κ2) is 4.16. The Labute approximate surface area is 117 Å². The van der Waals surface area contributed by atoms with E-state index in [0.29, 0.717) is 11.4 Å². The number of aliphatic hydroxyl groups excluding tert-OH is 1. The Kier molecular flexibility index (Phi) is 2.67. The maximum absolute atomic E-state index is 12.8. The van der Waals surface area contributed by atoms with Crippen molar-refractivity contribution >= 4 is 21.6 Å². The number of hydrogen-bond acceptors (Lipinski definition) is 4.